The molecule has 6 nitrogen and oxygen atoms in total. The average Bonchev–Trinajstić information content (AvgIpc) is 2.52. The fourth-order valence-electron chi connectivity index (χ4n) is 1.62. The maximum absolute atomic E-state index is 11.2. The standard InChI is InChI=1S/C10H16N4O2/c1-7-8(6-15)10(14(4)12-7)13(3)5-9(16)11-2/h6H,5H2,1-4H3,(H,11,16). The number of aldehydes is 1. The van der Waals surface area contributed by atoms with Crippen molar-refractivity contribution in [1.29, 1.82) is 0 Å². The van der Waals surface area contributed by atoms with Gasteiger partial charge in [0.15, 0.2) is 6.29 Å². The molecule has 0 atom stereocenters. The minimum Gasteiger partial charge on any atom is -0.358 e. The van der Waals surface area contributed by atoms with Crippen LogP contribution in [0.15, 0.2) is 0 Å². The van der Waals surface area contributed by atoms with Crippen LogP contribution in [0.5, 0.6) is 0 Å². The first-order valence-electron chi connectivity index (χ1n) is 4.91. The number of aryl methyl sites for hydroxylation is 2. The smallest absolute Gasteiger partial charge is 0.239 e. The fraction of sp³-hybridized carbons (Fsp3) is 0.500. The van der Waals surface area contributed by atoms with Crippen LogP contribution in [0.4, 0.5) is 5.82 Å². The first-order valence-corrected chi connectivity index (χ1v) is 4.91. The summed E-state index contributed by atoms with van der Waals surface area (Å²) in [6.07, 6.45) is 0.762. The maximum atomic E-state index is 11.2. The molecular weight excluding hydrogens is 208 g/mol. The van der Waals surface area contributed by atoms with Crippen LogP contribution >= 0.6 is 0 Å². The second kappa shape index (κ2) is 4.78. The van der Waals surface area contributed by atoms with E-state index in [4.69, 9.17) is 0 Å². The van der Waals surface area contributed by atoms with Gasteiger partial charge in [-0.1, -0.05) is 0 Å². The highest BCUT2D eigenvalue weighted by Gasteiger charge is 2.17. The Labute approximate surface area is 94.2 Å². The van der Waals surface area contributed by atoms with Crippen LogP contribution in [-0.2, 0) is 11.8 Å². The van der Waals surface area contributed by atoms with Gasteiger partial charge in [0.2, 0.25) is 5.91 Å². The van der Waals surface area contributed by atoms with Crippen molar-refractivity contribution in [2.24, 2.45) is 7.05 Å². The Morgan fingerprint density at radius 2 is 2.25 bits per heavy atom. The zero-order valence-electron chi connectivity index (χ0n) is 9.94. The Balaban J connectivity index is 3.02. The molecule has 0 spiro atoms. The third-order valence-electron chi connectivity index (χ3n) is 2.38. The van der Waals surface area contributed by atoms with Crippen LogP contribution in [0.25, 0.3) is 0 Å². The summed E-state index contributed by atoms with van der Waals surface area (Å²) in [4.78, 5) is 23.9. The first-order chi connectivity index (χ1) is 7.51. The zero-order valence-corrected chi connectivity index (χ0v) is 9.94. The number of amides is 1. The third kappa shape index (κ3) is 2.21. The number of anilines is 1. The predicted octanol–water partition coefficient (Wildman–Crippen LogP) is -0.277. The molecule has 0 aliphatic carbocycles. The number of aromatic nitrogens is 2. The van der Waals surface area contributed by atoms with Gasteiger partial charge in [-0.2, -0.15) is 5.10 Å². The average molecular weight is 224 g/mol. The quantitative estimate of drug-likeness (QED) is 0.714. The molecule has 16 heavy (non-hydrogen) atoms. The molecule has 6 heteroatoms. The zero-order chi connectivity index (χ0) is 12.3. The predicted molar refractivity (Wildman–Crippen MR) is 60.7 cm³/mol. The molecule has 0 aromatic carbocycles. The summed E-state index contributed by atoms with van der Waals surface area (Å²) in [7, 11) is 5.07. The van der Waals surface area contributed by atoms with Gasteiger partial charge in [-0.25, -0.2) is 0 Å². The van der Waals surface area contributed by atoms with E-state index in [0.717, 1.165) is 6.29 Å². The van der Waals surface area contributed by atoms with Gasteiger partial charge in [0.25, 0.3) is 0 Å². The number of nitrogens with one attached hydrogen (secondary N) is 1. The molecular formula is C10H16N4O2. The van der Waals surface area contributed by atoms with E-state index < -0.39 is 0 Å². The summed E-state index contributed by atoms with van der Waals surface area (Å²) >= 11 is 0. The number of likely N-dealkylation sites (N-methyl/N-ethyl adjacent to an activating group) is 2. The number of hydrogen-bond acceptors (Lipinski definition) is 4. The van der Waals surface area contributed by atoms with E-state index in [0.29, 0.717) is 17.1 Å². The second-order valence-electron chi connectivity index (χ2n) is 3.59. The highest BCUT2D eigenvalue weighted by atomic mass is 16.2. The Morgan fingerprint density at radius 3 is 2.75 bits per heavy atom. The van der Waals surface area contributed by atoms with Crippen LogP contribution in [0, 0.1) is 6.92 Å². The van der Waals surface area contributed by atoms with Crippen LogP contribution < -0.4 is 10.2 Å². The lowest BCUT2D eigenvalue weighted by atomic mass is 10.2. The molecule has 0 radical (unpaired) electrons. The Bertz CT molecular complexity index is 411. The van der Waals surface area contributed by atoms with Crippen LogP contribution in [0.3, 0.4) is 0 Å². The topological polar surface area (TPSA) is 67.2 Å². The SMILES string of the molecule is CNC(=O)CN(C)c1c(C=O)c(C)nn1C. The second-order valence-corrected chi connectivity index (χ2v) is 3.59. The number of carbonyl (C=O) groups is 2. The highest BCUT2D eigenvalue weighted by Crippen LogP contribution is 2.19. The van der Waals surface area contributed by atoms with Crippen molar-refractivity contribution in [3.8, 4) is 0 Å². The maximum Gasteiger partial charge on any atom is 0.239 e. The van der Waals surface area contributed by atoms with Gasteiger partial charge in [-0.3, -0.25) is 14.3 Å². The molecule has 1 rings (SSSR count). The number of nitrogens with zero attached hydrogens (tertiary/aromatic N) is 3. The van der Waals surface area contributed by atoms with Crippen molar-refractivity contribution < 1.29 is 9.59 Å². The van der Waals surface area contributed by atoms with E-state index in [1.165, 1.54) is 0 Å². The molecule has 0 fully saturated rings. The lowest BCUT2D eigenvalue weighted by Crippen LogP contribution is -2.34. The summed E-state index contributed by atoms with van der Waals surface area (Å²) in [5.74, 6) is 0.536. The van der Waals surface area contributed by atoms with Crippen LogP contribution in [-0.4, -0.2) is 42.6 Å². The molecule has 1 amide bonds. The fourth-order valence-corrected chi connectivity index (χ4v) is 1.62. The van der Waals surface area contributed by atoms with Gasteiger partial charge in [0, 0.05) is 21.1 Å². The monoisotopic (exact) mass is 224 g/mol. The van der Waals surface area contributed by atoms with E-state index in [2.05, 4.69) is 10.4 Å². The lowest BCUT2D eigenvalue weighted by molar-refractivity contribution is -0.119. The van der Waals surface area contributed by atoms with Crippen molar-refractivity contribution in [3.63, 3.8) is 0 Å². The summed E-state index contributed by atoms with van der Waals surface area (Å²) in [5.41, 5.74) is 1.19. The molecule has 0 bridgehead atoms. The van der Waals surface area contributed by atoms with Crippen molar-refractivity contribution in [3.05, 3.63) is 11.3 Å². The third-order valence-corrected chi connectivity index (χ3v) is 2.38. The molecule has 1 heterocycles. The number of hydrogen-bond donors (Lipinski definition) is 1. The number of rotatable bonds is 4. The minimum atomic E-state index is -0.113. The van der Waals surface area contributed by atoms with Gasteiger partial charge in [-0.15, -0.1) is 0 Å². The van der Waals surface area contributed by atoms with Gasteiger partial charge in [-0.05, 0) is 6.92 Å². The largest absolute Gasteiger partial charge is 0.358 e. The summed E-state index contributed by atoms with van der Waals surface area (Å²) < 4.78 is 1.60. The lowest BCUT2D eigenvalue weighted by Gasteiger charge is -2.18. The Hall–Kier alpha value is -1.85. The Morgan fingerprint density at radius 1 is 1.62 bits per heavy atom. The summed E-state index contributed by atoms with van der Waals surface area (Å²) in [6.45, 7) is 1.96. The minimum absolute atomic E-state index is 0.113. The molecule has 0 unspecified atom stereocenters. The number of carbonyl (C=O) groups excluding carboxylic acids is 2. The Kier molecular flexibility index (Phi) is 3.65. The molecule has 0 aliphatic rings. The van der Waals surface area contributed by atoms with Gasteiger partial charge >= 0.3 is 0 Å². The van der Waals surface area contributed by atoms with E-state index in [1.54, 1.807) is 37.6 Å². The van der Waals surface area contributed by atoms with E-state index >= 15 is 0 Å². The van der Waals surface area contributed by atoms with Gasteiger partial charge in [0.1, 0.15) is 5.82 Å². The van der Waals surface area contributed by atoms with Crippen molar-refractivity contribution in [2.45, 2.75) is 6.92 Å². The molecule has 1 aromatic heterocycles. The first kappa shape index (κ1) is 12.2. The molecule has 0 saturated carbocycles. The van der Waals surface area contributed by atoms with E-state index in [-0.39, 0.29) is 12.5 Å². The molecule has 0 saturated heterocycles. The molecule has 1 aromatic rings. The van der Waals surface area contributed by atoms with Crippen LogP contribution in [0.1, 0.15) is 16.1 Å². The van der Waals surface area contributed by atoms with E-state index in [1.807, 2.05) is 0 Å². The van der Waals surface area contributed by atoms with Crippen molar-refractivity contribution >= 4 is 18.0 Å². The normalized spacial score (nSPS) is 10.0. The summed E-state index contributed by atoms with van der Waals surface area (Å²) in [6, 6.07) is 0. The van der Waals surface area contributed by atoms with Crippen molar-refractivity contribution in [2.75, 3.05) is 25.5 Å². The highest BCUT2D eigenvalue weighted by molar-refractivity contribution is 5.87. The van der Waals surface area contributed by atoms with Gasteiger partial charge in [0.05, 0.1) is 17.8 Å². The molecule has 0 aliphatic heterocycles. The summed E-state index contributed by atoms with van der Waals surface area (Å²) in [5, 5.41) is 6.68. The molecule has 88 valence electrons. The van der Waals surface area contributed by atoms with Gasteiger partial charge < -0.3 is 10.2 Å². The van der Waals surface area contributed by atoms with E-state index in [9.17, 15) is 9.59 Å². The molecule has 1 N–H and O–H groups in total. The van der Waals surface area contributed by atoms with Crippen LogP contribution in [0.2, 0.25) is 0 Å². The van der Waals surface area contributed by atoms with Crippen molar-refractivity contribution in [1.82, 2.24) is 15.1 Å².